The second-order valence-corrected chi connectivity index (χ2v) is 4.31. The first-order chi connectivity index (χ1) is 10.0. The van der Waals surface area contributed by atoms with Gasteiger partial charge in [-0.15, -0.1) is 0 Å². The molecule has 0 saturated carbocycles. The zero-order valence-corrected chi connectivity index (χ0v) is 10.7. The van der Waals surface area contributed by atoms with E-state index in [0.29, 0.717) is 12.4 Å². The second-order valence-electron chi connectivity index (χ2n) is 4.31. The average molecular weight is 293 g/mol. The van der Waals surface area contributed by atoms with Crippen LogP contribution in [0.5, 0.6) is 0 Å². The summed E-state index contributed by atoms with van der Waals surface area (Å²) in [6, 6.07) is 6.39. The maximum absolute atomic E-state index is 12.7. The molecule has 3 aromatic heterocycles. The summed E-state index contributed by atoms with van der Waals surface area (Å²) in [5.74, 6) is 0.325. The minimum absolute atomic E-state index is 0.265. The van der Waals surface area contributed by atoms with E-state index in [1.165, 1.54) is 12.4 Å². The van der Waals surface area contributed by atoms with E-state index in [2.05, 4.69) is 20.4 Å². The Kier molecular flexibility index (Phi) is 3.20. The molecule has 0 bridgehead atoms. The minimum Gasteiger partial charge on any atom is -0.363 e. The smallest absolute Gasteiger partial charge is 0.363 e. The molecule has 8 heteroatoms. The molecule has 108 valence electrons. The van der Waals surface area contributed by atoms with Gasteiger partial charge >= 0.3 is 6.18 Å². The average Bonchev–Trinajstić information content (AvgIpc) is 2.91. The molecule has 0 aliphatic carbocycles. The SMILES string of the molecule is FC(F)(F)c1cc2c(NCc3ccccn3)nccn2n1. The number of pyridine rings is 1. The molecular formula is C13H10F3N5. The Morgan fingerprint density at radius 2 is 2.00 bits per heavy atom. The van der Waals surface area contributed by atoms with Crippen molar-refractivity contribution in [1.82, 2.24) is 19.6 Å². The van der Waals surface area contributed by atoms with Gasteiger partial charge in [0.25, 0.3) is 0 Å². The number of halogens is 3. The quantitative estimate of drug-likeness (QED) is 0.806. The van der Waals surface area contributed by atoms with Crippen LogP contribution in [-0.4, -0.2) is 19.6 Å². The number of hydrogen-bond acceptors (Lipinski definition) is 4. The van der Waals surface area contributed by atoms with Gasteiger partial charge in [0.05, 0.1) is 12.2 Å². The molecule has 0 saturated heterocycles. The topological polar surface area (TPSA) is 55.1 Å². The molecule has 0 amide bonds. The van der Waals surface area contributed by atoms with Crippen molar-refractivity contribution < 1.29 is 13.2 Å². The zero-order valence-electron chi connectivity index (χ0n) is 10.7. The van der Waals surface area contributed by atoms with E-state index < -0.39 is 11.9 Å². The summed E-state index contributed by atoms with van der Waals surface area (Å²) in [5, 5.41) is 6.46. The van der Waals surface area contributed by atoms with Crippen LogP contribution in [0.4, 0.5) is 19.0 Å². The van der Waals surface area contributed by atoms with E-state index in [0.717, 1.165) is 16.3 Å². The fraction of sp³-hybridized carbons (Fsp3) is 0.154. The molecule has 0 aromatic carbocycles. The van der Waals surface area contributed by atoms with Gasteiger partial charge in [-0.05, 0) is 12.1 Å². The van der Waals surface area contributed by atoms with Crippen LogP contribution in [0.2, 0.25) is 0 Å². The lowest BCUT2D eigenvalue weighted by molar-refractivity contribution is -0.141. The largest absolute Gasteiger partial charge is 0.435 e. The molecule has 0 atom stereocenters. The van der Waals surface area contributed by atoms with Crippen LogP contribution in [0.1, 0.15) is 11.4 Å². The van der Waals surface area contributed by atoms with Crippen molar-refractivity contribution >= 4 is 11.3 Å². The van der Waals surface area contributed by atoms with Crippen molar-refractivity contribution in [3.63, 3.8) is 0 Å². The van der Waals surface area contributed by atoms with Crippen molar-refractivity contribution in [2.24, 2.45) is 0 Å². The van der Waals surface area contributed by atoms with Crippen molar-refractivity contribution in [1.29, 1.82) is 0 Å². The van der Waals surface area contributed by atoms with Crippen molar-refractivity contribution in [3.8, 4) is 0 Å². The van der Waals surface area contributed by atoms with E-state index in [1.54, 1.807) is 12.3 Å². The standard InChI is InChI=1S/C13H10F3N5/c14-13(15,16)11-7-10-12(18-5-6-21(10)20-11)19-8-9-3-1-2-4-17-9/h1-7H,8H2,(H,18,19). The first-order valence-electron chi connectivity index (χ1n) is 6.09. The molecule has 21 heavy (non-hydrogen) atoms. The van der Waals surface area contributed by atoms with E-state index in [-0.39, 0.29) is 5.52 Å². The summed E-state index contributed by atoms with van der Waals surface area (Å²) in [6.45, 7) is 0.361. The molecule has 3 rings (SSSR count). The molecule has 0 fully saturated rings. The number of rotatable bonds is 3. The molecule has 5 nitrogen and oxygen atoms in total. The molecule has 0 aliphatic heterocycles. The Labute approximate surface area is 117 Å². The lowest BCUT2D eigenvalue weighted by Gasteiger charge is -2.05. The van der Waals surface area contributed by atoms with Crippen LogP contribution < -0.4 is 5.32 Å². The molecular weight excluding hydrogens is 283 g/mol. The predicted octanol–water partition coefficient (Wildman–Crippen LogP) is 2.76. The lowest BCUT2D eigenvalue weighted by Crippen LogP contribution is -2.05. The van der Waals surface area contributed by atoms with Gasteiger partial charge in [0.1, 0.15) is 5.52 Å². The van der Waals surface area contributed by atoms with Gasteiger partial charge in [0.15, 0.2) is 11.5 Å². The zero-order chi connectivity index (χ0) is 14.9. The lowest BCUT2D eigenvalue weighted by atomic mass is 10.3. The molecule has 3 aromatic rings. The first kappa shape index (κ1) is 13.3. The van der Waals surface area contributed by atoms with Crippen LogP contribution in [0, 0.1) is 0 Å². The highest BCUT2D eigenvalue weighted by Crippen LogP contribution is 2.30. The summed E-state index contributed by atoms with van der Waals surface area (Å²) in [4.78, 5) is 8.18. The highest BCUT2D eigenvalue weighted by Gasteiger charge is 2.34. The third-order valence-corrected chi connectivity index (χ3v) is 2.84. The number of anilines is 1. The summed E-state index contributed by atoms with van der Waals surface area (Å²) >= 11 is 0. The Balaban J connectivity index is 1.90. The second kappa shape index (κ2) is 5.04. The van der Waals surface area contributed by atoms with Crippen molar-refractivity contribution in [2.45, 2.75) is 12.7 Å². The number of nitrogens with zero attached hydrogens (tertiary/aromatic N) is 4. The Hall–Kier alpha value is -2.64. The number of fused-ring (bicyclic) bond motifs is 1. The van der Waals surface area contributed by atoms with Crippen molar-refractivity contribution in [3.05, 3.63) is 54.2 Å². The van der Waals surface area contributed by atoms with Crippen LogP contribution >= 0.6 is 0 Å². The van der Waals surface area contributed by atoms with E-state index in [4.69, 9.17) is 0 Å². The van der Waals surface area contributed by atoms with Gasteiger partial charge in [-0.25, -0.2) is 9.50 Å². The third-order valence-electron chi connectivity index (χ3n) is 2.84. The van der Waals surface area contributed by atoms with Gasteiger partial charge in [-0.2, -0.15) is 18.3 Å². The van der Waals surface area contributed by atoms with Gasteiger partial charge in [0, 0.05) is 24.7 Å². The fourth-order valence-electron chi connectivity index (χ4n) is 1.87. The van der Waals surface area contributed by atoms with Crippen molar-refractivity contribution in [2.75, 3.05) is 5.32 Å². The van der Waals surface area contributed by atoms with E-state index in [9.17, 15) is 13.2 Å². The summed E-state index contributed by atoms with van der Waals surface area (Å²) in [6.07, 6.45) is -0.0761. The monoisotopic (exact) mass is 293 g/mol. The normalized spacial score (nSPS) is 11.8. The predicted molar refractivity (Wildman–Crippen MR) is 69.6 cm³/mol. The molecule has 0 spiro atoms. The number of hydrogen-bond donors (Lipinski definition) is 1. The van der Waals surface area contributed by atoms with Crippen LogP contribution in [0.3, 0.4) is 0 Å². The highest BCUT2D eigenvalue weighted by molar-refractivity contribution is 5.67. The van der Waals surface area contributed by atoms with Gasteiger partial charge < -0.3 is 5.32 Å². The highest BCUT2D eigenvalue weighted by atomic mass is 19.4. The maximum Gasteiger partial charge on any atom is 0.435 e. The molecule has 0 unspecified atom stereocenters. The number of aromatic nitrogens is 4. The third kappa shape index (κ3) is 2.78. The number of nitrogens with one attached hydrogen (secondary N) is 1. The molecule has 0 radical (unpaired) electrons. The minimum atomic E-state index is -4.48. The summed E-state index contributed by atoms with van der Waals surface area (Å²) in [7, 11) is 0. The van der Waals surface area contributed by atoms with Gasteiger partial charge in [0.2, 0.25) is 0 Å². The van der Waals surface area contributed by atoms with Gasteiger partial charge in [-0.1, -0.05) is 6.07 Å². The fourth-order valence-corrected chi connectivity index (χ4v) is 1.87. The molecule has 0 aliphatic rings. The van der Waals surface area contributed by atoms with E-state index in [1.807, 2.05) is 12.1 Å². The maximum atomic E-state index is 12.7. The van der Waals surface area contributed by atoms with Crippen LogP contribution in [0.15, 0.2) is 42.9 Å². The van der Waals surface area contributed by atoms with Crippen LogP contribution in [-0.2, 0) is 12.7 Å². The Bertz CT molecular complexity index is 751. The Morgan fingerprint density at radius 1 is 1.14 bits per heavy atom. The summed E-state index contributed by atoms with van der Waals surface area (Å²) < 4.78 is 39.2. The summed E-state index contributed by atoms with van der Waals surface area (Å²) in [5.41, 5.74) is 0.0778. The van der Waals surface area contributed by atoms with Crippen LogP contribution in [0.25, 0.3) is 5.52 Å². The van der Waals surface area contributed by atoms with Gasteiger partial charge in [-0.3, -0.25) is 4.98 Å². The first-order valence-corrected chi connectivity index (χ1v) is 6.09. The van der Waals surface area contributed by atoms with E-state index >= 15 is 0 Å². The number of alkyl halides is 3. The molecule has 1 N–H and O–H groups in total. The molecule has 3 heterocycles. The Morgan fingerprint density at radius 3 is 2.71 bits per heavy atom.